The highest BCUT2D eigenvalue weighted by Crippen LogP contribution is 2.26. The molecular weight excluding hydrogens is 513 g/mol. The third-order valence-corrected chi connectivity index (χ3v) is 7.31. The van der Waals surface area contributed by atoms with E-state index >= 15 is 0 Å². The van der Waals surface area contributed by atoms with E-state index in [1.807, 2.05) is 0 Å². The van der Waals surface area contributed by atoms with Crippen LogP contribution in [0.3, 0.4) is 0 Å². The van der Waals surface area contributed by atoms with Crippen molar-refractivity contribution in [2.45, 2.75) is 23.8 Å². The third-order valence-electron chi connectivity index (χ3n) is 5.33. The highest BCUT2D eigenvalue weighted by molar-refractivity contribution is 7.87. The zero-order chi connectivity index (χ0) is 25.0. The molecule has 0 aliphatic carbocycles. The Bertz CT molecular complexity index is 1340. The highest BCUT2D eigenvalue weighted by Gasteiger charge is 2.29. The van der Waals surface area contributed by atoms with E-state index in [0.29, 0.717) is 34.4 Å². The second kappa shape index (κ2) is 10.7. The molecule has 0 saturated carbocycles. The molecule has 182 valence electrons. The van der Waals surface area contributed by atoms with Crippen LogP contribution in [-0.2, 0) is 19.1 Å². The number of nitrogens with one attached hydrogen (secondary N) is 3. The first-order valence-corrected chi connectivity index (χ1v) is 12.8. The molecule has 4 rings (SSSR count). The first-order chi connectivity index (χ1) is 16.7. The fourth-order valence-corrected chi connectivity index (χ4v) is 4.72. The monoisotopic (exact) mass is 533 g/mol. The van der Waals surface area contributed by atoms with Gasteiger partial charge in [0, 0.05) is 11.4 Å². The van der Waals surface area contributed by atoms with Gasteiger partial charge in [-0.2, -0.15) is 8.42 Å². The number of benzene rings is 3. The number of hydrogen-bond donors (Lipinski definition) is 3. The van der Waals surface area contributed by atoms with Crippen molar-refractivity contribution in [1.29, 1.82) is 0 Å². The van der Waals surface area contributed by atoms with Gasteiger partial charge >= 0.3 is 22.1 Å². The van der Waals surface area contributed by atoms with Gasteiger partial charge < -0.3 is 20.1 Å². The molecule has 0 aromatic heterocycles. The second-order valence-corrected chi connectivity index (χ2v) is 10.2. The lowest BCUT2D eigenvalue weighted by Gasteiger charge is -2.11. The Morgan fingerprint density at radius 2 is 1.46 bits per heavy atom. The molecule has 0 spiro atoms. The van der Waals surface area contributed by atoms with Gasteiger partial charge in [-0.3, -0.25) is 0 Å². The van der Waals surface area contributed by atoms with Crippen LogP contribution >= 0.6 is 23.2 Å². The first kappa shape index (κ1) is 25.0. The summed E-state index contributed by atoms with van der Waals surface area (Å²) in [5, 5.41) is 9.02. The zero-order valence-electron chi connectivity index (χ0n) is 18.3. The average Bonchev–Trinajstić information content (AvgIpc) is 3.37. The van der Waals surface area contributed by atoms with Crippen molar-refractivity contribution in [3.05, 3.63) is 76.8 Å². The molecule has 2 amide bonds. The fourth-order valence-electron chi connectivity index (χ4n) is 3.53. The van der Waals surface area contributed by atoms with Crippen LogP contribution < -0.4 is 16.0 Å². The smallest absolute Gasteiger partial charge is 0.341 e. The quantitative estimate of drug-likeness (QED) is 0.371. The zero-order valence-corrected chi connectivity index (χ0v) is 20.6. The van der Waals surface area contributed by atoms with Crippen LogP contribution in [0.25, 0.3) is 11.1 Å². The number of carbonyl (C=O) groups is 2. The van der Waals surface area contributed by atoms with E-state index in [-0.39, 0.29) is 4.90 Å². The Morgan fingerprint density at radius 1 is 0.857 bits per heavy atom. The summed E-state index contributed by atoms with van der Waals surface area (Å²) in [6, 6.07) is 16.7. The molecule has 1 aliphatic heterocycles. The SMILES string of the molecule is O=C(Nc1ccc(-c2ccc(S(=O)(=O)OC(=O)[C@@H]3CCCN3)cc2)cc1)Nc1ccc(Cl)c(Cl)c1. The summed E-state index contributed by atoms with van der Waals surface area (Å²) in [6.45, 7) is 0.657. The van der Waals surface area contributed by atoms with Gasteiger partial charge in [-0.05, 0) is 73.0 Å². The maximum Gasteiger partial charge on any atom is 0.341 e. The molecular formula is C24H21Cl2N3O5S. The summed E-state index contributed by atoms with van der Waals surface area (Å²) >= 11 is 11.8. The lowest BCUT2D eigenvalue weighted by Crippen LogP contribution is -2.33. The summed E-state index contributed by atoms with van der Waals surface area (Å²) < 4.78 is 29.6. The van der Waals surface area contributed by atoms with Gasteiger partial charge in [0.15, 0.2) is 0 Å². The van der Waals surface area contributed by atoms with E-state index in [2.05, 4.69) is 16.0 Å². The van der Waals surface area contributed by atoms with Crippen molar-refractivity contribution in [1.82, 2.24) is 5.32 Å². The second-order valence-electron chi connectivity index (χ2n) is 7.82. The topological polar surface area (TPSA) is 114 Å². The predicted octanol–water partition coefficient (Wildman–Crippen LogP) is 5.29. The average molecular weight is 534 g/mol. The minimum atomic E-state index is -4.21. The van der Waals surface area contributed by atoms with Gasteiger partial charge in [0.2, 0.25) is 0 Å². The van der Waals surface area contributed by atoms with Crippen LogP contribution in [0.1, 0.15) is 12.8 Å². The Balaban J connectivity index is 1.37. The van der Waals surface area contributed by atoms with E-state index in [4.69, 9.17) is 27.4 Å². The van der Waals surface area contributed by atoms with Crippen LogP contribution in [-0.4, -0.2) is 33.0 Å². The van der Waals surface area contributed by atoms with Gasteiger partial charge in [0.1, 0.15) is 10.9 Å². The summed E-state index contributed by atoms with van der Waals surface area (Å²) in [4.78, 5) is 24.2. The molecule has 3 aromatic rings. The number of rotatable bonds is 6. The predicted molar refractivity (Wildman–Crippen MR) is 135 cm³/mol. The summed E-state index contributed by atoms with van der Waals surface area (Å²) in [5.74, 6) is -0.794. The molecule has 8 nitrogen and oxygen atoms in total. The van der Waals surface area contributed by atoms with Gasteiger partial charge in [-0.25, -0.2) is 9.59 Å². The lowest BCUT2D eigenvalue weighted by molar-refractivity contribution is -0.135. The maximum atomic E-state index is 12.4. The van der Waals surface area contributed by atoms with Crippen LogP contribution in [0, 0.1) is 0 Å². The molecule has 0 radical (unpaired) electrons. The fraction of sp³-hybridized carbons (Fsp3) is 0.167. The standard InChI is InChI=1S/C24H21Cl2N3O5S/c25-20-12-9-18(14-21(20)26)29-24(31)28-17-7-3-15(4-8-17)16-5-10-19(11-6-16)35(32,33)34-23(30)22-2-1-13-27-22/h3-12,14,22,27H,1-2,13H2,(H2,28,29,31)/t22-/m0/s1. The maximum absolute atomic E-state index is 12.4. The Labute approximate surface area is 212 Å². The first-order valence-electron chi connectivity index (χ1n) is 10.7. The van der Waals surface area contributed by atoms with Crippen LogP contribution in [0.2, 0.25) is 10.0 Å². The molecule has 0 bridgehead atoms. The molecule has 1 saturated heterocycles. The van der Waals surface area contributed by atoms with Crippen molar-refractivity contribution in [3.8, 4) is 11.1 Å². The number of urea groups is 1. The van der Waals surface area contributed by atoms with Gasteiger partial charge in [-0.15, -0.1) is 0 Å². The highest BCUT2D eigenvalue weighted by atomic mass is 35.5. The van der Waals surface area contributed by atoms with E-state index in [1.54, 1.807) is 54.6 Å². The van der Waals surface area contributed by atoms with E-state index in [0.717, 1.165) is 17.5 Å². The third kappa shape index (κ3) is 6.32. The van der Waals surface area contributed by atoms with E-state index < -0.39 is 28.2 Å². The van der Waals surface area contributed by atoms with Crippen LogP contribution in [0.5, 0.6) is 0 Å². The molecule has 1 fully saturated rings. The summed E-state index contributed by atoms with van der Waals surface area (Å²) in [6.07, 6.45) is 1.35. The van der Waals surface area contributed by atoms with Crippen molar-refractivity contribution >= 4 is 56.7 Å². The molecule has 35 heavy (non-hydrogen) atoms. The van der Waals surface area contributed by atoms with Crippen LogP contribution in [0.4, 0.5) is 16.2 Å². The molecule has 3 N–H and O–H groups in total. The molecule has 1 heterocycles. The lowest BCUT2D eigenvalue weighted by atomic mass is 10.1. The number of hydrogen-bond acceptors (Lipinski definition) is 6. The number of halogens is 2. The molecule has 3 aromatic carbocycles. The number of amides is 2. The van der Waals surface area contributed by atoms with Gasteiger partial charge in [0.05, 0.1) is 10.0 Å². The largest absolute Gasteiger partial charge is 0.341 e. The van der Waals surface area contributed by atoms with Gasteiger partial charge in [-0.1, -0.05) is 47.5 Å². The Kier molecular flexibility index (Phi) is 7.61. The molecule has 1 aliphatic rings. The van der Waals surface area contributed by atoms with Crippen LogP contribution in [0.15, 0.2) is 71.6 Å². The van der Waals surface area contributed by atoms with Crippen molar-refractivity contribution in [3.63, 3.8) is 0 Å². The number of carbonyl (C=O) groups excluding carboxylic acids is 2. The molecule has 1 atom stereocenters. The minimum Gasteiger partial charge on any atom is -0.341 e. The summed E-state index contributed by atoms with van der Waals surface area (Å²) in [5.41, 5.74) is 2.60. The van der Waals surface area contributed by atoms with Crippen molar-refractivity contribution in [2.24, 2.45) is 0 Å². The van der Waals surface area contributed by atoms with E-state index in [9.17, 15) is 18.0 Å². The minimum absolute atomic E-state index is 0.107. The van der Waals surface area contributed by atoms with E-state index in [1.165, 1.54) is 12.1 Å². The Morgan fingerprint density at radius 3 is 2.06 bits per heavy atom. The van der Waals surface area contributed by atoms with Crippen molar-refractivity contribution in [2.75, 3.05) is 17.2 Å². The molecule has 11 heteroatoms. The molecule has 0 unspecified atom stereocenters. The van der Waals surface area contributed by atoms with Gasteiger partial charge in [0.25, 0.3) is 0 Å². The summed E-state index contributed by atoms with van der Waals surface area (Å²) in [7, 11) is -4.21. The Hall–Kier alpha value is -3.11. The van der Waals surface area contributed by atoms with Crippen molar-refractivity contribution < 1.29 is 22.2 Å². The number of anilines is 2. The normalized spacial score (nSPS) is 15.4.